The highest BCUT2D eigenvalue weighted by Gasteiger charge is 2.38. The van der Waals surface area contributed by atoms with Gasteiger partial charge in [0, 0.05) is 17.6 Å². The van der Waals surface area contributed by atoms with Gasteiger partial charge in [0.1, 0.15) is 5.82 Å². The fourth-order valence-electron chi connectivity index (χ4n) is 3.30. The van der Waals surface area contributed by atoms with Crippen molar-refractivity contribution in [3.8, 4) is 0 Å². The molecule has 136 valence electrons. The van der Waals surface area contributed by atoms with E-state index in [1.54, 1.807) is 0 Å². The number of hydrogen-bond donors (Lipinski definition) is 3. The third kappa shape index (κ3) is 3.85. The second-order valence-electron chi connectivity index (χ2n) is 6.69. The lowest BCUT2D eigenvalue weighted by atomic mass is 9.64. The normalized spacial score (nSPS) is 15.0. The lowest BCUT2D eigenvalue weighted by Gasteiger charge is -2.42. The van der Waals surface area contributed by atoms with Gasteiger partial charge in [0.25, 0.3) is 5.91 Å². The van der Waals surface area contributed by atoms with Crippen LogP contribution in [0.1, 0.15) is 35.2 Å². The summed E-state index contributed by atoms with van der Waals surface area (Å²) in [5, 5.41) is 5.83. The predicted molar refractivity (Wildman–Crippen MR) is 98.4 cm³/mol. The van der Waals surface area contributed by atoms with Gasteiger partial charge >= 0.3 is 0 Å². The van der Waals surface area contributed by atoms with E-state index in [-0.39, 0.29) is 23.4 Å². The van der Waals surface area contributed by atoms with Crippen molar-refractivity contribution in [3.05, 3.63) is 65.5 Å². The van der Waals surface area contributed by atoms with Crippen molar-refractivity contribution in [2.45, 2.75) is 24.7 Å². The number of halogens is 1. The summed E-state index contributed by atoms with van der Waals surface area (Å²) in [6.45, 7) is 0.618. The van der Waals surface area contributed by atoms with Crippen molar-refractivity contribution in [1.29, 1.82) is 0 Å². The Bertz CT molecular complexity index is 804. The SMILES string of the molecule is NC(=O)c1ccc(NCC(=O)NCC2(c3ccccc3)CCC2)cc1F. The van der Waals surface area contributed by atoms with E-state index in [4.69, 9.17) is 5.73 Å². The van der Waals surface area contributed by atoms with Crippen LogP contribution < -0.4 is 16.4 Å². The zero-order valence-electron chi connectivity index (χ0n) is 14.4. The number of nitrogens with two attached hydrogens (primary N) is 1. The molecule has 0 atom stereocenters. The van der Waals surface area contributed by atoms with Gasteiger partial charge in [0.05, 0.1) is 12.1 Å². The van der Waals surface area contributed by atoms with Gasteiger partial charge in [-0.05, 0) is 36.6 Å². The number of benzene rings is 2. The van der Waals surface area contributed by atoms with Gasteiger partial charge in [0.2, 0.25) is 5.91 Å². The molecule has 3 rings (SSSR count). The van der Waals surface area contributed by atoms with Crippen LogP contribution in [-0.2, 0) is 10.2 Å². The summed E-state index contributed by atoms with van der Waals surface area (Å²) in [6, 6.07) is 14.2. The predicted octanol–water partition coefficient (Wildman–Crippen LogP) is 2.57. The summed E-state index contributed by atoms with van der Waals surface area (Å²) in [7, 11) is 0. The quantitative estimate of drug-likeness (QED) is 0.714. The zero-order valence-corrected chi connectivity index (χ0v) is 14.4. The van der Waals surface area contributed by atoms with Gasteiger partial charge in [-0.25, -0.2) is 4.39 Å². The topological polar surface area (TPSA) is 84.2 Å². The summed E-state index contributed by atoms with van der Waals surface area (Å²) in [4.78, 5) is 23.2. The monoisotopic (exact) mass is 355 g/mol. The van der Waals surface area contributed by atoms with Gasteiger partial charge in [-0.3, -0.25) is 9.59 Å². The highest BCUT2D eigenvalue weighted by atomic mass is 19.1. The number of nitrogens with one attached hydrogen (secondary N) is 2. The van der Waals surface area contributed by atoms with Crippen molar-refractivity contribution in [2.24, 2.45) is 5.73 Å². The van der Waals surface area contributed by atoms with E-state index < -0.39 is 11.7 Å². The maximum Gasteiger partial charge on any atom is 0.251 e. The largest absolute Gasteiger partial charge is 0.376 e. The number of rotatable bonds is 7. The first kappa shape index (κ1) is 17.9. The molecule has 2 aromatic rings. The first-order valence-corrected chi connectivity index (χ1v) is 8.66. The lowest BCUT2D eigenvalue weighted by Crippen LogP contribution is -2.46. The number of carbonyl (C=O) groups excluding carboxylic acids is 2. The van der Waals surface area contributed by atoms with Crippen LogP contribution in [0.3, 0.4) is 0 Å². The summed E-state index contributed by atoms with van der Waals surface area (Å²) in [5.41, 5.74) is 6.59. The van der Waals surface area contributed by atoms with Gasteiger partial charge < -0.3 is 16.4 Å². The third-order valence-corrected chi connectivity index (χ3v) is 5.01. The molecule has 0 spiro atoms. The molecule has 4 N–H and O–H groups in total. The maximum absolute atomic E-state index is 13.7. The molecule has 0 heterocycles. The van der Waals surface area contributed by atoms with Crippen molar-refractivity contribution in [2.75, 3.05) is 18.4 Å². The van der Waals surface area contributed by atoms with Crippen LogP contribution in [0.5, 0.6) is 0 Å². The molecular formula is C20H22FN3O2. The lowest BCUT2D eigenvalue weighted by molar-refractivity contribution is -0.119. The maximum atomic E-state index is 13.7. The van der Waals surface area contributed by atoms with E-state index in [0.717, 1.165) is 25.3 Å². The van der Waals surface area contributed by atoms with Crippen LogP contribution in [0.25, 0.3) is 0 Å². The minimum atomic E-state index is -0.821. The Morgan fingerprint density at radius 2 is 1.85 bits per heavy atom. The Labute approximate surface area is 151 Å². The molecule has 0 radical (unpaired) electrons. The first-order chi connectivity index (χ1) is 12.5. The van der Waals surface area contributed by atoms with Crippen LogP contribution in [0.15, 0.2) is 48.5 Å². The average Bonchev–Trinajstić information content (AvgIpc) is 2.59. The smallest absolute Gasteiger partial charge is 0.251 e. The van der Waals surface area contributed by atoms with Crippen molar-refractivity contribution in [1.82, 2.24) is 5.32 Å². The molecule has 1 aliphatic carbocycles. The zero-order chi connectivity index (χ0) is 18.6. The van der Waals surface area contributed by atoms with E-state index in [2.05, 4.69) is 22.8 Å². The molecule has 6 heteroatoms. The first-order valence-electron chi connectivity index (χ1n) is 8.66. The number of primary amides is 1. The Morgan fingerprint density at radius 1 is 1.12 bits per heavy atom. The molecule has 0 aliphatic heterocycles. The van der Waals surface area contributed by atoms with E-state index in [1.165, 1.54) is 17.7 Å². The van der Waals surface area contributed by atoms with E-state index in [0.29, 0.717) is 12.2 Å². The second-order valence-corrected chi connectivity index (χ2v) is 6.69. The van der Waals surface area contributed by atoms with Gasteiger partial charge in [0.15, 0.2) is 0 Å². The Hall–Kier alpha value is -2.89. The highest BCUT2D eigenvalue weighted by molar-refractivity contribution is 5.93. The summed E-state index contributed by atoms with van der Waals surface area (Å²) < 4.78 is 13.7. The molecule has 1 fully saturated rings. The standard InChI is InChI=1S/C20H22FN3O2/c21-17-11-15(7-8-16(17)19(22)26)23-12-18(25)24-13-20(9-4-10-20)14-5-2-1-3-6-14/h1-3,5-8,11,23H,4,9-10,12-13H2,(H2,22,26)(H,24,25). The summed E-state index contributed by atoms with van der Waals surface area (Å²) in [5.74, 6) is -1.69. The minimum absolute atomic E-state index is 0.0200. The number of carbonyl (C=O) groups is 2. The molecule has 26 heavy (non-hydrogen) atoms. The minimum Gasteiger partial charge on any atom is -0.376 e. The second kappa shape index (κ2) is 7.56. The number of amides is 2. The van der Waals surface area contributed by atoms with E-state index >= 15 is 0 Å². The Balaban J connectivity index is 1.53. The summed E-state index contributed by atoms with van der Waals surface area (Å²) >= 11 is 0. The molecule has 0 unspecified atom stereocenters. The van der Waals surface area contributed by atoms with E-state index in [9.17, 15) is 14.0 Å². The molecule has 2 amide bonds. The van der Waals surface area contributed by atoms with Gasteiger partial charge in [-0.15, -0.1) is 0 Å². The Morgan fingerprint density at radius 3 is 2.42 bits per heavy atom. The highest BCUT2D eigenvalue weighted by Crippen LogP contribution is 2.43. The van der Waals surface area contributed by atoms with Crippen LogP contribution in [0.4, 0.5) is 10.1 Å². The van der Waals surface area contributed by atoms with Gasteiger partial charge in [-0.1, -0.05) is 36.8 Å². The molecule has 0 bridgehead atoms. The van der Waals surface area contributed by atoms with Crippen molar-refractivity contribution in [3.63, 3.8) is 0 Å². The molecule has 0 aromatic heterocycles. The van der Waals surface area contributed by atoms with Crippen molar-refractivity contribution >= 4 is 17.5 Å². The van der Waals surface area contributed by atoms with Crippen LogP contribution in [-0.4, -0.2) is 24.9 Å². The molecule has 1 saturated carbocycles. The average molecular weight is 355 g/mol. The van der Waals surface area contributed by atoms with Crippen LogP contribution >= 0.6 is 0 Å². The number of hydrogen-bond acceptors (Lipinski definition) is 3. The van der Waals surface area contributed by atoms with E-state index in [1.807, 2.05) is 18.2 Å². The molecule has 2 aromatic carbocycles. The third-order valence-electron chi connectivity index (χ3n) is 5.01. The number of anilines is 1. The summed E-state index contributed by atoms with van der Waals surface area (Å²) in [6.07, 6.45) is 3.28. The molecule has 5 nitrogen and oxygen atoms in total. The van der Waals surface area contributed by atoms with Crippen molar-refractivity contribution < 1.29 is 14.0 Å². The Kier molecular flexibility index (Phi) is 5.21. The fourth-order valence-corrected chi connectivity index (χ4v) is 3.30. The van der Waals surface area contributed by atoms with Gasteiger partial charge in [-0.2, -0.15) is 0 Å². The molecule has 0 saturated heterocycles. The van der Waals surface area contributed by atoms with Crippen LogP contribution in [0, 0.1) is 5.82 Å². The molecule has 1 aliphatic rings. The molecular weight excluding hydrogens is 333 g/mol. The fraction of sp³-hybridized carbons (Fsp3) is 0.300. The van der Waals surface area contributed by atoms with Crippen LogP contribution in [0.2, 0.25) is 0 Å².